The number of carbonyl (C=O) groups is 2. The van der Waals surface area contributed by atoms with Gasteiger partial charge in [-0.1, -0.05) is 0 Å². The van der Waals surface area contributed by atoms with Gasteiger partial charge in [0.15, 0.2) is 6.61 Å². The Labute approximate surface area is 159 Å². The summed E-state index contributed by atoms with van der Waals surface area (Å²) < 4.78 is 23.5. The number of rotatable bonds is 6. The van der Waals surface area contributed by atoms with Gasteiger partial charge >= 0.3 is 6.09 Å². The zero-order valence-electron chi connectivity index (χ0n) is 16.2. The first kappa shape index (κ1) is 21.0. The molecule has 0 unspecified atom stereocenters. The predicted octanol–water partition coefficient (Wildman–Crippen LogP) is 1.87. The fourth-order valence-electron chi connectivity index (χ4n) is 2.56. The highest BCUT2D eigenvalue weighted by Crippen LogP contribution is 2.12. The van der Waals surface area contributed by atoms with Gasteiger partial charge in [0.1, 0.15) is 17.2 Å². The second-order valence-corrected chi connectivity index (χ2v) is 7.40. The molecule has 0 bridgehead atoms. The minimum absolute atomic E-state index is 0.113. The average molecular weight is 381 g/mol. The second-order valence-electron chi connectivity index (χ2n) is 7.40. The van der Waals surface area contributed by atoms with Gasteiger partial charge in [-0.2, -0.15) is 0 Å². The summed E-state index contributed by atoms with van der Waals surface area (Å²) in [5, 5.41) is 2.79. The van der Waals surface area contributed by atoms with Crippen LogP contribution < -0.4 is 10.1 Å². The Morgan fingerprint density at radius 3 is 2.33 bits per heavy atom. The van der Waals surface area contributed by atoms with Crippen LogP contribution in [0, 0.1) is 5.82 Å². The maximum absolute atomic E-state index is 12.8. The number of benzene rings is 1. The molecule has 150 valence electrons. The van der Waals surface area contributed by atoms with E-state index < -0.39 is 5.60 Å². The number of ether oxygens (including phenoxy) is 2. The molecule has 0 spiro atoms. The van der Waals surface area contributed by atoms with Crippen LogP contribution in [0.25, 0.3) is 0 Å². The zero-order valence-corrected chi connectivity index (χ0v) is 16.2. The molecule has 1 saturated heterocycles. The van der Waals surface area contributed by atoms with Crippen molar-refractivity contribution in [3.05, 3.63) is 30.1 Å². The number of nitrogens with zero attached hydrogens (tertiary/aromatic N) is 2. The second kappa shape index (κ2) is 9.55. The third-order valence-electron chi connectivity index (χ3n) is 3.96. The Kier molecular flexibility index (Phi) is 7.41. The van der Waals surface area contributed by atoms with Crippen molar-refractivity contribution in [2.24, 2.45) is 0 Å². The Morgan fingerprint density at radius 1 is 1.11 bits per heavy atom. The number of halogens is 1. The number of amides is 2. The van der Waals surface area contributed by atoms with E-state index in [2.05, 4.69) is 10.2 Å². The Morgan fingerprint density at radius 2 is 1.74 bits per heavy atom. The molecule has 1 aliphatic rings. The number of hydrogen-bond donors (Lipinski definition) is 1. The van der Waals surface area contributed by atoms with Crippen molar-refractivity contribution in [2.45, 2.75) is 26.4 Å². The van der Waals surface area contributed by atoms with E-state index in [1.807, 2.05) is 20.8 Å². The third-order valence-corrected chi connectivity index (χ3v) is 3.96. The van der Waals surface area contributed by atoms with E-state index >= 15 is 0 Å². The van der Waals surface area contributed by atoms with Crippen molar-refractivity contribution in [1.29, 1.82) is 0 Å². The normalized spacial score (nSPS) is 15.3. The van der Waals surface area contributed by atoms with Gasteiger partial charge in [0, 0.05) is 39.3 Å². The molecule has 0 radical (unpaired) electrons. The molecule has 2 rings (SSSR count). The lowest BCUT2D eigenvalue weighted by Crippen LogP contribution is -2.51. The van der Waals surface area contributed by atoms with Crippen molar-refractivity contribution >= 4 is 12.0 Å². The van der Waals surface area contributed by atoms with Crippen molar-refractivity contribution in [2.75, 3.05) is 45.9 Å². The van der Waals surface area contributed by atoms with Crippen LogP contribution in [0.4, 0.5) is 9.18 Å². The maximum Gasteiger partial charge on any atom is 0.410 e. The van der Waals surface area contributed by atoms with Gasteiger partial charge in [-0.05, 0) is 45.0 Å². The molecule has 1 aromatic carbocycles. The van der Waals surface area contributed by atoms with E-state index in [-0.39, 0.29) is 24.4 Å². The van der Waals surface area contributed by atoms with E-state index in [0.717, 1.165) is 13.1 Å². The van der Waals surface area contributed by atoms with Crippen LogP contribution in [-0.4, -0.2) is 73.3 Å². The van der Waals surface area contributed by atoms with Gasteiger partial charge in [0.25, 0.3) is 5.91 Å². The molecule has 0 aromatic heterocycles. The fourth-order valence-corrected chi connectivity index (χ4v) is 2.56. The Balaban J connectivity index is 1.59. The Bertz CT molecular complexity index is 623. The molecule has 0 saturated carbocycles. The minimum atomic E-state index is -0.492. The van der Waals surface area contributed by atoms with E-state index in [1.165, 1.54) is 24.3 Å². The largest absolute Gasteiger partial charge is 0.484 e. The fraction of sp³-hybridized carbons (Fsp3) is 0.579. The van der Waals surface area contributed by atoms with Crippen LogP contribution in [-0.2, 0) is 9.53 Å². The lowest BCUT2D eigenvalue weighted by Gasteiger charge is -2.35. The first-order valence-corrected chi connectivity index (χ1v) is 9.08. The quantitative estimate of drug-likeness (QED) is 0.815. The molecule has 7 nitrogen and oxygen atoms in total. The number of nitrogens with one attached hydrogen (secondary N) is 1. The highest BCUT2D eigenvalue weighted by Gasteiger charge is 2.25. The standard InChI is InChI=1S/C19H28FN3O4/c1-19(2,3)27-18(25)23-12-10-22(11-13-23)9-8-21-17(24)14-26-16-6-4-15(20)5-7-16/h4-7H,8-14H2,1-3H3,(H,21,24). The summed E-state index contributed by atoms with van der Waals surface area (Å²) in [6, 6.07) is 5.52. The van der Waals surface area contributed by atoms with Crippen LogP contribution in [0.1, 0.15) is 20.8 Å². The van der Waals surface area contributed by atoms with E-state index in [4.69, 9.17) is 9.47 Å². The van der Waals surface area contributed by atoms with Crippen LogP contribution in [0.3, 0.4) is 0 Å². The smallest absolute Gasteiger partial charge is 0.410 e. The SMILES string of the molecule is CC(C)(C)OC(=O)N1CCN(CCNC(=O)COc2ccc(F)cc2)CC1. The van der Waals surface area contributed by atoms with Gasteiger partial charge in [-0.3, -0.25) is 9.69 Å². The van der Waals surface area contributed by atoms with Gasteiger partial charge in [-0.15, -0.1) is 0 Å². The lowest BCUT2D eigenvalue weighted by molar-refractivity contribution is -0.123. The average Bonchev–Trinajstić information content (AvgIpc) is 2.60. The van der Waals surface area contributed by atoms with Crippen molar-refractivity contribution in [1.82, 2.24) is 15.1 Å². The molecule has 2 amide bonds. The molecule has 1 fully saturated rings. The highest BCUT2D eigenvalue weighted by atomic mass is 19.1. The van der Waals surface area contributed by atoms with Gasteiger partial charge in [0.05, 0.1) is 0 Å². The molecule has 27 heavy (non-hydrogen) atoms. The minimum Gasteiger partial charge on any atom is -0.484 e. The highest BCUT2D eigenvalue weighted by molar-refractivity contribution is 5.77. The molecular formula is C19H28FN3O4. The van der Waals surface area contributed by atoms with Crippen LogP contribution >= 0.6 is 0 Å². The number of hydrogen-bond acceptors (Lipinski definition) is 5. The van der Waals surface area contributed by atoms with Gasteiger partial charge < -0.3 is 19.7 Å². The summed E-state index contributed by atoms with van der Waals surface area (Å²) in [6.45, 7) is 9.33. The van der Waals surface area contributed by atoms with Gasteiger partial charge in [-0.25, -0.2) is 9.18 Å². The van der Waals surface area contributed by atoms with Gasteiger partial charge in [0.2, 0.25) is 0 Å². The summed E-state index contributed by atoms with van der Waals surface area (Å²) in [5.41, 5.74) is -0.492. The van der Waals surface area contributed by atoms with Crippen molar-refractivity contribution < 1.29 is 23.5 Å². The molecule has 1 N–H and O–H groups in total. The summed E-state index contributed by atoms with van der Waals surface area (Å²) in [5.74, 6) is -0.130. The zero-order chi connectivity index (χ0) is 19.9. The summed E-state index contributed by atoms with van der Waals surface area (Å²) >= 11 is 0. The first-order valence-electron chi connectivity index (χ1n) is 9.08. The Hall–Kier alpha value is -2.35. The predicted molar refractivity (Wildman–Crippen MR) is 99.2 cm³/mol. The first-order chi connectivity index (χ1) is 12.7. The van der Waals surface area contributed by atoms with E-state index in [0.29, 0.717) is 31.9 Å². The lowest BCUT2D eigenvalue weighted by atomic mass is 10.2. The monoisotopic (exact) mass is 381 g/mol. The summed E-state index contributed by atoms with van der Waals surface area (Å²) in [4.78, 5) is 27.7. The van der Waals surface area contributed by atoms with Crippen LogP contribution in [0.5, 0.6) is 5.75 Å². The third kappa shape index (κ3) is 7.82. The topological polar surface area (TPSA) is 71.1 Å². The van der Waals surface area contributed by atoms with Crippen LogP contribution in [0.2, 0.25) is 0 Å². The molecule has 1 aromatic rings. The molecule has 0 atom stereocenters. The van der Waals surface area contributed by atoms with E-state index in [1.54, 1.807) is 4.90 Å². The van der Waals surface area contributed by atoms with Crippen molar-refractivity contribution in [3.8, 4) is 5.75 Å². The number of carbonyl (C=O) groups excluding carboxylic acids is 2. The molecule has 8 heteroatoms. The molecule has 0 aliphatic carbocycles. The summed E-state index contributed by atoms with van der Waals surface area (Å²) in [7, 11) is 0. The van der Waals surface area contributed by atoms with Crippen molar-refractivity contribution in [3.63, 3.8) is 0 Å². The molecule has 1 aliphatic heterocycles. The molecule has 1 heterocycles. The maximum atomic E-state index is 12.8. The molecular weight excluding hydrogens is 353 g/mol. The summed E-state index contributed by atoms with van der Waals surface area (Å²) in [6.07, 6.45) is -0.284. The number of piperazine rings is 1. The van der Waals surface area contributed by atoms with Crippen LogP contribution in [0.15, 0.2) is 24.3 Å². The van der Waals surface area contributed by atoms with E-state index in [9.17, 15) is 14.0 Å².